The van der Waals surface area contributed by atoms with E-state index in [4.69, 9.17) is 11.6 Å². The molecule has 2 fully saturated rings. The van der Waals surface area contributed by atoms with E-state index in [0.29, 0.717) is 17.0 Å². The van der Waals surface area contributed by atoms with Gasteiger partial charge in [-0.1, -0.05) is 11.6 Å². The molecule has 3 rings (SSSR count). The second-order valence-corrected chi connectivity index (χ2v) is 6.87. The molecule has 5 heteroatoms. The fourth-order valence-electron chi connectivity index (χ4n) is 3.06. The summed E-state index contributed by atoms with van der Waals surface area (Å²) >= 11 is 8.21. The normalized spacial score (nSPS) is 26.3. The summed E-state index contributed by atoms with van der Waals surface area (Å²) in [6.07, 6.45) is 2.24. The van der Waals surface area contributed by atoms with E-state index in [0.717, 1.165) is 35.2 Å². The van der Waals surface area contributed by atoms with Crippen LogP contribution >= 0.6 is 34.2 Å². The number of amides is 1. The summed E-state index contributed by atoms with van der Waals surface area (Å²) in [6.45, 7) is 2.81. The molecule has 2 aliphatic heterocycles. The van der Waals surface area contributed by atoms with Crippen molar-refractivity contribution in [3.8, 4) is 0 Å². The van der Waals surface area contributed by atoms with Gasteiger partial charge >= 0.3 is 0 Å². The Morgan fingerprint density at radius 2 is 2.26 bits per heavy atom. The monoisotopic (exact) mass is 390 g/mol. The van der Waals surface area contributed by atoms with E-state index < -0.39 is 0 Å². The number of halogens is 2. The first-order chi connectivity index (χ1) is 9.15. The van der Waals surface area contributed by atoms with Crippen molar-refractivity contribution in [2.75, 3.05) is 19.6 Å². The number of fused-ring (bicyclic) bond motifs is 1. The fourth-order valence-corrected chi connectivity index (χ4v) is 3.80. The van der Waals surface area contributed by atoms with Crippen molar-refractivity contribution in [1.29, 1.82) is 0 Å². The summed E-state index contributed by atoms with van der Waals surface area (Å²) < 4.78 is 0.971. The number of carbonyl (C=O) groups excluding carboxylic acids is 1. The topological polar surface area (TPSA) is 32.3 Å². The van der Waals surface area contributed by atoms with Gasteiger partial charge in [-0.3, -0.25) is 4.79 Å². The third-order valence-corrected chi connectivity index (χ3v) is 5.28. The predicted octanol–water partition coefficient (Wildman–Crippen LogP) is 2.77. The fraction of sp³-hybridized carbons (Fsp3) is 0.500. The number of hydrogen-bond acceptors (Lipinski definition) is 2. The van der Waals surface area contributed by atoms with E-state index in [9.17, 15) is 4.79 Å². The molecule has 3 nitrogen and oxygen atoms in total. The Kier molecular flexibility index (Phi) is 4.01. The van der Waals surface area contributed by atoms with Crippen LogP contribution in [0.1, 0.15) is 23.2 Å². The molecule has 1 N–H and O–H groups in total. The van der Waals surface area contributed by atoms with Gasteiger partial charge in [0.05, 0.1) is 5.56 Å². The molecule has 1 amide bonds. The molecular weight excluding hydrogens is 375 g/mol. The van der Waals surface area contributed by atoms with Crippen LogP contribution in [0.25, 0.3) is 0 Å². The van der Waals surface area contributed by atoms with Gasteiger partial charge in [-0.15, -0.1) is 0 Å². The van der Waals surface area contributed by atoms with Gasteiger partial charge in [0.1, 0.15) is 0 Å². The number of likely N-dealkylation sites (tertiary alicyclic amines) is 1. The van der Waals surface area contributed by atoms with Gasteiger partial charge in [-0.25, -0.2) is 0 Å². The Balaban J connectivity index is 1.78. The van der Waals surface area contributed by atoms with Gasteiger partial charge in [0.15, 0.2) is 0 Å². The molecule has 19 heavy (non-hydrogen) atoms. The number of nitrogens with one attached hydrogen (secondary N) is 1. The molecule has 2 aliphatic rings. The van der Waals surface area contributed by atoms with E-state index in [1.54, 1.807) is 6.07 Å². The van der Waals surface area contributed by atoms with Crippen LogP contribution in [0.4, 0.5) is 0 Å². The van der Waals surface area contributed by atoms with Crippen molar-refractivity contribution >= 4 is 40.1 Å². The van der Waals surface area contributed by atoms with Gasteiger partial charge in [-0.2, -0.15) is 0 Å². The summed E-state index contributed by atoms with van der Waals surface area (Å²) in [6, 6.07) is 6.13. The highest BCUT2D eigenvalue weighted by Gasteiger charge is 2.34. The van der Waals surface area contributed by atoms with Crippen LogP contribution < -0.4 is 5.32 Å². The average molecular weight is 391 g/mol. The molecule has 102 valence electrons. The van der Waals surface area contributed by atoms with Crippen LogP contribution in [0.2, 0.25) is 5.02 Å². The zero-order chi connectivity index (χ0) is 13.4. The van der Waals surface area contributed by atoms with Crippen LogP contribution in [0.3, 0.4) is 0 Å². The predicted molar refractivity (Wildman–Crippen MR) is 84.6 cm³/mol. The zero-order valence-corrected chi connectivity index (χ0v) is 13.4. The Hall–Kier alpha value is -0.330. The third-order valence-electron chi connectivity index (χ3n) is 4.10. The van der Waals surface area contributed by atoms with Crippen molar-refractivity contribution in [2.45, 2.75) is 18.9 Å². The second-order valence-electron chi connectivity index (χ2n) is 5.27. The van der Waals surface area contributed by atoms with Crippen LogP contribution in [0, 0.1) is 9.49 Å². The Bertz CT molecular complexity index is 508. The molecule has 2 atom stereocenters. The maximum atomic E-state index is 12.6. The van der Waals surface area contributed by atoms with Gasteiger partial charge in [-0.05, 0) is 66.1 Å². The quantitative estimate of drug-likeness (QED) is 0.748. The van der Waals surface area contributed by atoms with E-state index in [-0.39, 0.29) is 5.91 Å². The Labute approximate surface area is 131 Å². The number of hydrogen-bond donors (Lipinski definition) is 1. The molecule has 2 saturated heterocycles. The van der Waals surface area contributed by atoms with Gasteiger partial charge in [0.2, 0.25) is 0 Å². The largest absolute Gasteiger partial charge is 0.338 e. The van der Waals surface area contributed by atoms with Crippen molar-refractivity contribution in [3.05, 3.63) is 32.4 Å². The van der Waals surface area contributed by atoms with Crippen LogP contribution in [0.5, 0.6) is 0 Å². The number of benzene rings is 1. The van der Waals surface area contributed by atoms with Crippen molar-refractivity contribution < 1.29 is 4.79 Å². The summed E-state index contributed by atoms with van der Waals surface area (Å²) in [5, 5.41) is 4.14. The van der Waals surface area contributed by atoms with E-state index in [1.807, 2.05) is 17.0 Å². The summed E-state index contributed by atoms with van der Waals surface area (Å²) in [5.41, 5.74) is 0.734. The zero-order valence-electron chi connectivity index (χ0n) is 10.5. The molecule has 0 saturated carbocycles. The smallest absolute Gasteiger partial charge is 0.254 e. The highest BCUT2D eigenvalue weighted by Crippen LogP contribution is 2.27. The van der Waals surface area contributed by atoms with E-state index in [2.05, 4.69) is 27.9 Å². The number of nitrogens with zero attached hydrogens (tertiary/aromatic N) is 1. The van der Waals surface area contributed by atoms with Crippen LogP contribution in [-0.4, -0.2) is 36.5 Å². The second kappa shape index (κ2) is 5.58. The molecule has 0 radical (unpaired) electrons. The van der Waals surface area contributed by atoms with Gasteiger partial charge in [0, 0.05) is 27.7 Å². The number of rotatable bonds is 1. The van der Waals surface area contributed by atoms with E-state index in [1.165, 1.54) is 6.42 Å². The Morgan fingerprint density at radius 3 is 3.11 bits per heavy atom. The molecule has 1 aromatic carbocycles. The Morgan fingerprint density at radius 1 is 1.42 bits per heavy atom. The first-order valence-corrected chi connectivity index (χ1v) is 8.08. The molecule has 1 aromatic rings. The minimum atomic E-state index is 0.122. The molecule has 0 bridgehead atoms. The average Bonchev–Trinajstić information content (AvgIpc) is 2.88. The van der Waals surface area contributed by atoms with Crippen LogP contribution in [0.15, 0.2) is 18.2 Å². The lowest BCUT2D eigenvalue weighted by Gasteiger charge is -2.35. The maximum Gasteiger partial charge on any atom is 0.254 e. The summed E-state index contributed by atoms with van der Waals surface area (Å²) in [4.78, 5) is 14.6. The molecule has 2 unspecified atom stereocenters. The van der Waals surface area contributed by atoms with Gasteiger partial charge in [0.25, 0.3) is 5.91 Å². The first kappa shape index (κ1) is 13.6. The lowest BCUT2D eigenvalue weighted by Crippen LogP contribution is -2.47. The van der Waals surface area contributed by atoms with Gasteiger partial charge < -0.3 is 10.2 Å². The minimum absolute atomic E-state index is 0.122. The lowest BCUT2D eigenvalue weighted by atomic mass is 9.93. The summed E-state index contributed by atoms with van der Waals surface area (Å²) in [7, 11) is 0. The molecular formula is C14H16ClIN2O. The number of piperidine rings is 1. The first-order valence-electron chi connectivity index (χ1n) is 6.63. The highest BCUT2D eigenvalue weighted by atomic mass is 127. The van der Waals surface area contributed by atoms with E-state index >= 15 is 0 Å². The summed E-state index contributed by atoms with van der Waals surface area (Å²) in [5.74, 6) is 0.742. The molecule has 0 aromatic heterocycles. The molecule has 0 spiro atoms. The third kappa shape index (κ3) is 2.76. The SMILES string of the molecule is O=C(c1cc(Cl)ccc1I)N1CCC2NCCC2C1. The maximum absolute atomic E-state index is 12.6. The lowest BCUT2D eigenvalue weighted by molar-refractivity contribution is 0.0661. The molecule has 2 heterocycles. The molecule has 0 aliphatic carbocycles. The minimum Gasteiger partial charge on any atom is -0.338 e. The highest BCUT2D eigenvalue weighted by molar-refractivity contribution is 14.1. The van der Waals surface area contributed by atoms with Crippen molar-refractivity contribution in [3.63, 3.8) is 0 Å². The standard InChI is InChI=1S/C14H16ClIN2O/c15-10-1-2-12(16)11(7-10)14(19)18-6-4-13-9(8-18)3-5-17-13/h1-2,7,9,13,17H,3-6,8H2. The number of carbonyl (C=O) groups is 1. The van der Waals surface area contributed by atoms with Crippen LogP contribution in [-0.2, 0) is 0 Å². The van der Waals surface area contributed by atoms with Crippen molar-refractivity contribution in [2.24, 2.45) is 5.92 Å². The van der Waals surface area contributed by atoms with Crippen molar-refractivity contribution in [1.82, 2.24) is 10.2 Å².